The number of nitrogens with zero attached hydrogens (tertiary/aromatic N) is 6. The minimum atomic E-state index is -1.03. The van der Waals surface area contributed by atoms with Crippen molar-refractivity contribution in [3.63, 3.8) is 0 Å². The molecule has 0 bridgehead atoms. The molecular weight excluding hydrogens is 380 g/mol. The molecule has 8 heteroatoms. The Bertz CT molecular complexity index is 1190. The van der Waals surface area contributed by atoms with Crippen LogP contribution < -0.4 is 9.80 Å². The molecule has 2 aliphatic heterocycles. The van der Waals surface area contributed by atoms with Gasteiger partial charge in [0.1, 0.15) is 17.3 Å². The summed E-state index contributed by atoms with van der Waals surface area (Å²) in [6.45, 7) is 0.468. The third-order valence-electron chi connectivity index (χ3n) is 5.19. The molecule has 4 heterocycles. The van der Waals surface area contributed by atoms with Gasteiger partial charge in [0.15, 0.2) is 11.9 Å². The number of benzene rings is 1. The van der Waals surface area contributed by atoms with E-state index in [4.69, 9.17) is 0 Å². The Morgan fingerprint density at radius 1 is 0.933 bits per heavy atom. The van der Waals surface area contributed by atoms with Crippen LogP contribution in [0.3, 0.4) is 0 Å². The maximum atomic E-state index is 12.6. The van der Waals surface area contributed by atoms with Gasteiger partial charge in [-0.15, -0.1) is 10.2 Å². The summed E-state index contributed by atoms with van der Waals surface area (Å²) in [7, 11) is 1.65. The van der Waals surface area contributed by atoms with Gasteiger partial charge >= 0.3 is 0 Å². The van der Waals surface area contributed by atoms with Gasteiger partial charge in [-0.3, -0.25) is 9.69 Å². The second-order valence-electron chi connectivity index (χ2n) is 7.03. The summed E-state index contributed by atoms with van der Waals surface area (Å²) >= 11 is 0. The van der Waals surface area contributed by atoms with E-state index in [0.29, 0.717) is 35.0 Å². The van der Waals surface area contributed by atoms with Crippen LogP contribution in [0.5, 0.6) is 0 Å². The molecule has 0 spiro atoms. The lowest BCUT2D eigenvalue weighted by Gasteiger charge is -2.22. The van der Waals surface area contributed by atoms with Crippen molar-refractivity contribution in [2.75, 3.05) is 16.8 Å². The largest absolute Gasteiger partial charge is 0.368 e. The molecule has 2 aliphatic rings. The van der Waals surface area contributed by atoms with E-state index < -0.39 is 6.23 Å². The predicted octanol–water partition coefficient (Wildman–Crippen LogP) is 1.98. The lowest BCUT2D eigenvalue weighted by molar-refractivity contribution is -0.112. The summed E-state index contributed by atoms with van der Waals surface area (Å²) < 4.78 is 0. The van der Waals surface area contributed by atoms with Crippen molar-refractivity contribution in [3.05, 3.63) is 83.7 Å². The average Bonchev–Trinajstić information content (AvgIpc) is 3.19. The summed E-state index contributed by atoms with van der Waals surface area (Å²) in [6, 6.07) is 17.0. The predicted molar refractivity (Wildman–Crippen MR) is 114 cm³/mol. The number of hydrogen-bond acceptors (Lipinski definition) is 7. The lowest BCUT2D eigenvalue weighted by Crippen LogP contribution is -2.35. The van der Waals surface area contributed by atoms with Gasteiger partial charge in [0.2, 0.25) is 0 Å². The van der Waals surface area contributed by atoms with E-state index in [-0.39, 0.29) is 11.6 Å². The Morgan fingerprint density at radius 3 is 2.40 bits per heavy atom. The minimum Gasteiger partial charge on any atom is -0.368 e. The second kappa shape index (κ2) is 7.16. The van der Waals surface area contributed by atoms with Gasteiger partial charge in [-0.2, -0.15) is 0 Å². The highest BCUT2D eigenvalue weighted by Crippen LogP contribution is 2.31. The zero-order valence-corrected chi connectivity index (χ0v) is 16.2. The molecule has 0 radical (unpaired) electrons. The van der Waals surface area contributed by atoms with Crippen molar-refractivity contribution in [1.29, 1.82) is 0 Å². The highest BCUT2D eigenvalue weighted by molar-refractivity contribution is 6.54. The average molecular weight is 398 g/mol. The summed E-state index contributed by atoms with van der Waals surface area (Å²) in [5.74, 6) is 0.888. The molecule has 0 saturated heterocycles. The number of fused-ring (bicyclic) bond motifs is 2. The number of aliphatic hydroxyl groups excluding tert-OH is 1. The molecule has 1 amide bonds. The molecular formula is C22H18N6O2. The van der Waals surface area contributed by atoms with Gasteiger partial charge in [0, 0.05) is 31.5 Å². The minimum absolute atomic E-state index is 0.201. The van der Waals surface area contributed by atoms with Crippen molar-refractivity contribution < 1.29 is 9.90 Å². The molecule has 1 atom stereocenters. The van der Waals surface area contributed by atoms with Gasteiger partial charge in [-0.1, -0.05) is 30.3 Å². The monoisotopic (exact) mass is 398 g/mol. The van der Waals surface area contributed by atoms with E-state index in [1.54, 1.807) is 42.5 Å². The molecule has 1 aromatic carbocycles. The van der Waals surface area contributed by atoms with Gasteiger partial charge in [-0.25, -0.2) is 9.97 Å². The van der Waals surface area contributed by atoms with Crippen LogP contribution in [0.25, 0.3) is 0 Å². The van der Waals surface area contributed by atoms with E-state index in [1.807, 2.05) is 36.4 Å². The van der Waals surface area contributed by atoms with Crippen LogP contribution in [-0.4, -0.2) is 45.7 Å². The van der Waals surface area contributed by atoms with Crippen molar-refractivity contribution >= 4 is 29.0 Å². The van der Waals surface area contributed by atoms with E-state index in [1.165, 1.54) is 4.90 Å². The molecule has 148 valence electrons. The Morgan fingerprint density at radius 2 is 1.63 bits per heavy atom. The molecule has 5 rings (SSSR count). The SMILES string of the molecule is CN1C(=O)/C(=N\N=C2\c3cccnc3N(Cc3ccccc3)C2O)c2cccnc21. The van der Waals surface area contributed by atoms with Crippen LogP contribution in [0.2, 0.25) is 0 Å². The maximum Gasteiger partial charge on any atom is 0.280 e. The smallest absolute Gasteiger partial charge is 0.280 e. The molecule has 3 aromatic rings. The van der Waals surface area contributed by atoms with Crippen molar-refractivity contribution in [3.8, 4) is 0 Å². The molecule has 0 fully saturated rings. The number of aromatic nitrogens is 2. The van der Waals surface area contributed by atoms with Crippen LogP contribution in [0.4, 0.5) is 11.6 Å². The van der Waals surface area contributed by atoms with Gasteiger partial charge in [0.25, 0.3) is 5.91 Å². The fourth-order valence-electron chi connectivity index (χ4n) is 3.70. The van der Waals surface area contributed by atoms with Crippen molar-refractivity contribution in [2.45, 2.75) is 12.8 Å². The van der Waals surface area contributed by atoms with Crippen LogP contribution in [-0.2, 0) is 11.3 Å². The van der Waals surface area contributed by atoms with Crippen LogP contribution in [0.15, 0.2) is 77.2 Å². The van der Waals surface area contributed by atoms with Crippen LogP contribution in [0, 0.1) is 0 Å². The normalized spacial score (nSPS) is 20.2. The second-order valence-corrected chi connectivity index (χ2v) is 7.03. The number of carbonyl (C=O) groups excluding carboxylic acids is 1. The van der Waals surface area contributed by atoms with Crippen molar-refractivity contribution in [2.24, 2.45) is 10.2 Å². The fraction of sp³-hybridized carbons (Fsp3) is 0.136. The van der Waals surface area contributed by atoms with Gasteiger partial charge < -0.3 is 10.0 Å². The topological polar surface area (TPSA) is 94.3 Å². The summed E-state index contributed by atoms with van der Waals surface area (Å²) in [6.07, 6.45) is 2.28. The molecule has 1 N–H and O–H groups in total. The maximum absolute atomic E-state index is 12.6. The number of rotatable bonds is 3. The third kappa shape index (κ3) is 2.85. The first-order valence-electron chi connectivity index (χ1n) is 9.48. The number of likely N-dealkylation sites (N-methyl/N-ethyl adjacent to an activating group) is 1. The zero-order chi connectivity index (χ0) is 20.7. The third-order valence-corrected chi connectivity index (χ3v) is 5.19. The first kappa shape index (κ1) is 18.1. The number of carbonyl (C=O) groups is 1. The van der Waals surface area contributed by atoms with Crippen LogP contribution in [0.1, 0.15) is 16.7 Å². The Kier molecular flexibility index (Phi) is 4.33. The molecule has 8 nitrogen and oxygen atoms in total. The van der Waals surface area contributed by atoms with E-state index >= 15 is 0 Å². The number of amides is 1. The lowest BCUT2D eigenvalue weighted by atomic mass is 10.2. The Balaban J connectivity index is 1.54. The van der Waals surface area contributed by atoms with Gasteiger partial charge in [0.05, 0.1) is 5.56 Å². The number of hydrogen-bond donors (Lipinski definition) is 1. The molecule has 2 aromatic heterocycles. The summed E-state index contributed by atoms with van der Waals surface area (Å²) in [4.78, 5) is 24.5. The van der Waals surface area contributed by atoms with E-state index in [9.17, 15) is 9.90 Å². The molecule has 1 unspecified atom stereocenters. The summed E-state index contributed by atoms with van der Waals surface area (Å²) in [5, 5.41) is 19.5. The molecule has 0 aliphatic carbocycles. The van der Waals surface area contributed by atoms with Crippen molar-refractivity contribution in [1.82, 2.24) is 9.97 Å². The molecule has 30 heavy (non-hydrogen) atoms. The Hall–Kier alpha value is -3.91. The number of pyridine rings is 2. The summed E-state index contributed by atoms with van der Waals surface area (Å²) in [5.41, 5.74) is 2.90. The first-order valence-corrected chi connectivity index (χ1v) is 9.48. The number of anilines is 2. The standard InChI is InChI=1S/C22H18N6O2/c1-27-19-15(9-5-11-23-19)17(21(27)29)25-26-18-16-10-6-12-24-20(16)28(22(18)30)13-14-7-3-2-4-8-14/h2-12,22,30H,13H2,1H3/b25-17-,26-18-. The highest BCUT2D eigenvalue weighted by atomic mass is 16.3. The van der Waals surface area contributed by atoms with E-state index in [2.05, 4.69) is 20.2 Å². The quantitative estimate of drug-likeness (QED) is 0.681. The first-order chi connectivity index (χ1) is 14.6. The van der Waals surface area contributed by atoms with Gasteiger partial charge in [-0.05, 0) is 29.8 Å². The molecule has 0 saturated carbocycles. The number of aliphatic hydroxyl groups is 1. The van der Waals surface area contributed by atoms with E-state index in [0.717, 1.165) is 5.56 Å². The Labute approximate surface area is 172 Å². The van der Waals surface area contributed by atoms with Crippen LogP contribution >= 0.6 is 0 Å². The zero-order valence-electron chi connectivity index (χ0n) is 16.2. The fourth-order valence-corrected chi connectivity index (χ4v) is 3.70. The highest BCUT2D eigenvalue weighted by Gasteiger charge is 2.36.